The molecule has 0 saturated heterocycles. The maximum absolute atomic E-state index is 6.31. The third-order valence-corrected chi connectivity index (χ3v) is 3.31. The van der Waals surface area contributed by atoms with Crippen molar-refractivity contribution in [3.8, 4) is 0 Å². The van der Waals surface area contributed by atoms with Crippen molar-refractivity contribution in [2.45, 2.75) is 38.8 Å². The first-order valence-electron chi connectivity index (χ1n) is 6.01. The Kier molecular flexibility index (Phi) is 3.72. The number of hydrogen-bond acceptors (Lipinski definition) is 2. The van der Waals surface area contributed by atoms with E-state index < -0.39 is 0 Å². The fourth-order valence-corrected chi connectivity index (χ4v) is 2.35. The molecule has 0 amide bonds. The molecule has 0 aliphatic heterocycles. The Morgan fingerprint density at radius 3 is 2.69 bits per heavy atom. The van der Waals surface area contributed by atoms with E-state index >= 15 is 0 Å². The molecule has 0 aromatic heterocycles. The zero-order chi connectivity index (χ0) is 11.5. The minimum Gasteiger partial charge on any atom is -0.367 e. The molecule has 1 aromatic carbocycles. The summed E-state index contributed by atoms with van der Waals surface area (Å²) in [6, 6.07) is 6.88. The summed E-state index contributed by atoms with van der Waals surface area (Å²) in [6.45, 7) is 3.85. The number of hydrogen-bond donors (Lipinski definition) is 1. The van der Waals surface area contributed by atoms with Crippen LogP contribution in [0.25, 0.3) is 0 Å². The van der Waals surface area contributed by atoms with Gasteiger partial charge in [-0.3, -0.25) is 0 Å². The lowest BCUT2D eigenvalue weighted by molar-refractivity contribution is 0.763. The second-order valence-corrected chi connectivity index (χ2v) is 4.82. The maximum Gasteiger partial charge on any atom is 0.0642 e. The Morgan fingerprint density at radius 1 is 1.44 bits per heavy atom. The van der Waals surface area contributed by atoms with Gasteiger partial charge >= 0.3 is 0 Å². The molecule has 0 unspecified atom stereocenters. The number of halogens is 1. The molecule has 1 saturated carbocycles. The van der Waals surface area contributed by atoms with Gasteiger partial charge in [0.2, 0.25) is 0 Å². The van der Waals surface area contributed by atoms with Gasteiger partial charge < -0.3 is 10.6 Å². The molecule has 1 aliphatic rings. The Bertz CT molecular complexity index is 361. The largest absolute Gasteiger partial charge is 0.367 e. The molecule has 0 bridgehead atoms. The minimum atomic E-state index is 0.553. The molecule has 0 spiro atoms. The zero-order valence-corrected chi connectivity index (χ0v) is 10.5. The van der Waals surface area contributed by atoms with Crippen LogP contribution in [0, 0.1) is 0 Å². The molecule has 1 fully saturated rings. The van der Waals surface area contributed by atoms with Crippen molar-refractivity contribution in [1.82, 2.24) is 0 Å². The molecule has 0 atom stereocenters. The molecule has 2 N–H and O–H groups in total. The van der Waals surface area contributed by atoms with Crippen LogP contribution in [0.2, 0.25) is 5.02 Å². The minimum absolute atomic E-state index is 0.553. The summed E-state index contributed by atoms with van der Waals surface area (Å²) in [5.74, 6) is 0. The molecular weight excluding hydrogens is 220 g/mol. The number of nitrogens with zero attached hydrogens (tertiary/aromatic N) is 1. The van der Waals surface area contributed by atoms with Gasteiger partial charge in [-0.25, -0.2) is 0 Å². The predicted molar refractivity (Wildman–Crippen MR) is 70.0 cm³/mol. The lowest BCUT2D eigenvalue weighted by atomic mass is 10.2. The second-order valence-electron chi connectivity index (χ2n) is 4.41. The van der Waals surface area contributed by atoms with Gasteiger partial charge in [-0.2, -0.15) is 0 Å². The van der Waals surface area contributed by atoms with Crippen molar-refractivity contribution >= 4 is 17.3 Å². The van der Waals surface area contributed by atoms with Gasteiger partial charge in [0.25, 0.3) is 0 Å². The Morgan fingerprint density at radius 2 is 2.19 bits per heavy atom. The molecule has 0 heterocycles. The monoisotopic (exact) mass is 238 g/mol. The van der Waals surface area contributed by atoms with E-state index in [4.69, 9.17) is 17.3 Å². The molecule has 2 rings (SSSR count). The highest BCUT2D eigenvalue weighted by atomic mass is 35.5. The summed E-state index contributed by atoms with van der Waals surface area (Å²) in [4.78, 5) is 2.43. The molecule has 16 heavy (non-hydrogen) atoms. The average molecular weight is 239 g/mol. The van der Waals surface area contributed by atoms with Crippen LogP contribution < -0.4 is 10.6 Å². The first-order chi connectivity index (χ1) is 7.76. The fraction of sp³-hybridized carbons (Fsp3) is 0.538. The molecular formula is C13H19ClN2. The van der Waals surface area contributed by atoms with E-state index in [0.29, 0.717) is 12.6 Å². The first-order valence-corrected chi connectivity index (χ1v) is 6.39. The summed E-state index contributed by atoms with van der Waals surface area (Å²) >= 11 is 6.31. The summed E-state index contributed by atoms with van der Waals surface area (Å²) in [6.07, 6.45) is 3.76. The van der Waals surface area contributed by atoms with Gasteiger partial charge in [0.05, 0.1) is 10.7 Å². The zero-order valence-electron chi connectivity index (χ0n) is 9.75. The van der Waals surface area contributed by atoms with Gasteiger partial charge in [-0.15, -0.1) is 0 Å². The van der Waals surface area contributed by atoms with Crippen molar-refractivity contribution in [1.29, 1.82) is 0 Å². The van der Waals surface area contributed by atoms with Gasteiger partial charge in [0.1, 0.15) is 0 Å². The third kappa shape index (κ3) is 2.50. The van der Waals surface area contributed by atoms with Crippen LogP contribution in [0.5, 0.6) is 0 Å². The van der Waals surface area contributed by atoms with Gasteiger partial charge in [0, 0.05) is 19.1 Å². The van der Waals surface area contributed by atoms with Crippen molar-refractivity contribution in [3.05, 3.63) is 28.8 Å². The maximum atomic E-state index is 6.31. The number of rotatable bonds is 5. The normalized spacial score (nSPS) is 15.2. The van der Waals surface area contributed by atoms with Crippen molar-refractivity contribution in [2.24, 2.45) is 5.73 Å². The SMILES string of the molecule is CCCN(c1ccc(CN)cc1Cl)C1CC1. The van der Waals surface area contributed by atoms with Crippen LogP contribution in [0.3, 0.4) is 0 Å². The molecule has 1 aliphatic carbocycles. The quantitative estimate of drug-likeness (QED) is 0.854. The van der Waals surface area contributed by atoms with Crippen molar-refractivity contribution < 1.29 is 0 Å². The van der Waals surface area contributed by atoms with Crippen molar-refractivity contribution in [2.75, 3.05) is 11.4 Å². The standard InChI is InChI=1S/C13H19ClN2/c1-2-7-16(11-4-5-11)13-6-3-10(9-15)8-12(13)14/h3,6,8,11H,2,4-5,7,9,15H2,1H3. The summed E-state index contributed by atoms with van der Waals surface area (Å²) < 4.78 is 0. The van der Waals surface area contributed by atoms with Crippen LogP contribution in [0.4, 0.5) is 5.69 Å². The summed E-state index contributed by atoms with van der Waals surface area (Å²) in [5, 5.41) is 0.836. The van der Waals surface area contributed by atoms with E-state index in [0.717, 1.165) is 23.6 Å². The van der Waals surface area contributed by atoms with Gasteiger partial charge in [-0.05, 0) is 37.0 Å². The highest BCUT2D eigenvalue weighted by Gasteiger charge is 2.29. The van der Waals surface area contributed by atoms with Crippen LogP contribution in [-0.2, 0) is 6.54 Å². The number of benzene rings is 1. The lowest BCUT2D eigenvalue weighted by Crippen LogP contribution is -2.26. The van der Waals surface area contributed by atoms with Crippen LogP contribution in [-0.4, -0.2) is 12.6 Å². The summed E-state index contributed by atoms with van der Waals surface area (Å²) in [7, 11) is 0. The Labute approximate surface area is 102 Å². The van der Waals surface area contributed by atoms with Crippen LogP contribution >= 0.6 is 11.6 Å². The van der Waals surface area contributed by atoms with E-state index in [-0.39, 0.29) is 0 Å². The summed E-state index contributed by atoms with van der Waals surface area (Å²) in [5.41, 5.74) is 7.87. The van der Waals surface area contributed by atoms with Crippen LogP contribution in [0.1, 0.15) is 31.7 Å². The lowest BCUT2D eigenvalue weighted by Gasteiger charge is -2.25. The molecule has 0 radical (unpaired) electrons. The fourth-order valence-electron chi connectivity index (χ4n) is 2.04. The smallest absolute Gasteiger partial charge is 0.0642 e. The predicted octanol–water partition coefficient (Wildman–Crippen LogP) is 3.18. The van der Waals surface area contributed by atoms with Gasteiger partial charge in [-0.1, -0.05) is 24.6 Å². The Balaban J connectivity index is 2.22. The molecule has 1 aromatic rings. The number of nitrogens with two attached hydrogens (primary N) is 1. The third-order valence-electron chi connectivity index (χ3n) is 3.01. The second kappa shape index (κ2) is 5.07. The van der Waals surface area contributed by atoms with Crippen LogP contribution in [0.15, 0.2) is 18.2 Å². The topological polar surface area (TPSA) is 29.3 Å². The first kappa shape index (κ1) is 11.7. The van der Waals surface area contributed by atoms with E-state index in [2.05, 4.69) is 24.0 Å². The highest BCUT2D eigenvalue weighted by molar-refractivity contribution is 6.33. The van der Waals surface area contributed by atoms with Gasteiger partial charge in [0.15, 0.2) is 0 Å². The van der Waals surface area contributed by atoms with E-state index in [1.54, 1.807) is 0 Å². The van der Waals surface area contributed by atoms with E-state index in [1.807, 2.05) is 6.07 Å². The number of anilines is 1. The highest BCUT2D eigenvalue weighted by Crippen LogP contribution is 2.36. The average Bonchev–Trinajstić information content (AvgIpc) is 3.10. The molecule has 2 nitrogen and oxygen atoms in total. The van der Waals surface area contributed by atoms with Crippen molar-refractivity contribution in [3.63, 3.8) is 0 Å². The van der Waals surface area contributed by atoms with E-state index in [9.17, 15) is 0 Å². The molecule has 3 heteroatoms. The van der Waals surface area contributed by atoms with E-state index in [1.165, 1.54) is 18.5 Å². The Hall–Kier alpha value is -0.730. The molecule has 88 valence electrons.